The Morgan fingerprint density at radius 2 is 2.05 bits per heavy atom. The molecule has 1 aliphatic carbocycles. The molecule has 1 aliphatic rings. The molecule has 1 unspecified atom stereocenters. The summed E-state index contributed by atoms with van der Waals surface area (Å²) < 4.78 is 0. The SMILES string of the molecule is C=CCC1CCc2nc(-c3ccc([N+](=O)[O-])cc3)ccc2C1. The van der Waals surface area contributed by atoms with Crippen molar-refractivity contribution >= 4 is 5.69 Å². The first-order valence-corrected chi connectivity index (χ1v) is 7.52. The van der Waals surface area contributed by atoms with Crippen molar-refractivity contribution in [2.45, 2.75) is 25.7 Å². The number of hydrogen-bond donors (Lipinski definition) is 0. The van der Waals surface area contributed by atoms with Crippen LogP contribution in [0.1, 0.15) is 24.1 Å². The van der Waals surface area contributed by atoms with Crippen LogP contribution in [0.25, 0.3) is 11.3 Å². The van der Waals surface area contributed by atoms with Gasteiger partial charge < -0.3 is 0 Å². The lowest BCUT2D eigenvalue weighted by molar-refractivity contribution is -0.384. The van der Waals surface area contributed by atoms with E-state index in [9.17, 15) is 10.1 Å². The summed E-state index contributed by atoms with van der Waals surface area (Å²) in [5, 5.41) is 10.7. The smallest absolute Gasteiger partial charge is 0.258 e. The Hall–Kier alpha value is -2.49. The number of fused-ring (bicyclic) bond motifs is 1. The Balaban J connectivity index is 1.85. The number of nitrogens with zero attached hydrogens (tertiary/aromatic N) is 2. The van der Waals surface area contributed by atoms with Gasteiger partial charge >= 0.3 is 0 Å². The van der Waals surface area contributed by atoms with Crippen molar-refractivity contribution in [2.24, 2.45) is 5.92 Å². The molecule has 0 aliphatic heterocycles. The summed E-state index contributed by atoms with van der Waals surface area (Å²) in [6.45, 7) is 3.82. The summed E-state index contributed by atoms with van der Waals surface area (Å²) in [6, 6.07) is 10.7. The van der Waals surface area contributed by atoms with Crippen LogP contribution in [0.15, 0.2) is 49.1 Å². The minimum atomic E-state index is -0.385. The summed E-state index contributed by atoms with van der Waals surface area (Å²) in [7, 11) is 0. The van der Waals surface area contributed by atoms with Crippen LogP contribution >= 0.6 is 0 Å². The van der Waals surface area contributed by atoms with E-state index in [1.54, 1.807) is 12.1 Å². The Kier molecular flexibility index (Phi) is 4.00. The van der Waals surface area contributed by atoms with Gasteiger partial charge in [-0.25, -0.2) is 0 Å². The van der Waals surface area contributed by atoms with Gasteiger partial charge in [0.25, 0.3) is 5.69 Å². The topological polar surface area (TPSA) is 56.0 Å². The lowest BCUT2D eigenvalue weighted by Gasteiger charge is -2.23. The van der Waals surface area contributed by atoms with Gasteiger partial charge in [0, 0.05) is 23.4 Å². The first kappa shape index (κ1) is 14.4. The first-order chi connectivity index (χ1) is 10.7. The molecular formula is C18H18N2O2. The molecular weight excluding hydrogens is 276 g/mol. The zero-order chi connectivity index (χ0) is 15.5. The van der Waals surface area contributed by atoms with E-state index in [0.717, 1.165) is 42.6 Å². The van der Waals surface area contributed by atoms with E-state index < -0.39 is 0 Å². The molecule has 0 saturated carbocycles. The van der Waals surface area contributed by atoms with Crippen molar-refractivity contribution in [3.8, 4) is 11.3 Å². The number of pyridine rings is 1. The summed E-state index contributed by atoms with van der Waals surface area (Å²) in [6.07, 6.45) is 6.26. The van der Waals surface area contributed by atoms with E-state index in [4.69, 9.17) is 4.98 Å². The van der Waals surface area contributed by atoms with E-state index in [2.05, 4.69) is 12.6 Å². The molecule has 1 aromatic heterocycles. The Labute approximate surface area is 129 Å². The van der Waals surface area contributed by atoms with E-state index >= 15 is 0 Å². The highest BCUT2D eigenvalue weighted by Crippen LogP contribution is 2.29. The molecule has 0 N–H and O–H groups in total. The average Bonchev–Trinajstić information content (AvgIpc) is 2.55. The largest absolute Gasteiger partial charge is 0.269 e. The highest BCUT2D eigenvalue weighted by atomic mass is 16.6. The third-order valence-electron chi connectivity index (χ3n) is 4.24. The van der Waals surface area contributed by atoms with Gasteiger partial charge in [-0.2, -0.15) is 0 Å². The van der Waals surface area contributed by atoms with Gasteiger partial charge in [0.2, 0.25) is 0 Å². The van der Waals surface area contributed by atoms with E-state index in [1.165, 1.54) is 17.7 Å². The van der Waals surface area contributed by atoms with Gasteiger partial charge in [-0.05, 0) is 55.4 Å². The monoisotopic (exact) mass is 294 g/mol. The number of rotatable bonds is 4. The fourth-order valence-electron chi connectivity index (χ4n) is 3.04. The Morgan fingerprint density at radius 1 is 1.27 bits per heavy atom. The van der Waals surface area contributed by atoms with Crippen LogP contribution < -0.4 is 0 Å². The Bertz CT molecular complexity index is 708. The second kappa shape index (κ2) is 6.10. The van der Waals surface area contributed by atoms with Crippen molar-refractivity contribution in [2.75, 3.05) is 0 Å². The number of nitro benzene ring substituents is 1. The first-order valence-electron chi connectivity index (χ1n) is 7.52. The predicted molar refractivity (Wildman–Crippen MR) is 86.7 cm³/mol. The summed E-state index contributed by atoms with van der Waals surface area (Å²) in [5.41, 5.74) is 4.39. The maximum atomic E-state index is 10.7. The maximum absolute atomic E-state index is 10.7. The van der Waals surface area contributed by atoms with Crippen molar-refractivity contribution in [1.29, 1.82) is 0 Å². The van der Waals surface area contributed by atoms with Crippen molar-refractivity contribution < 1.29 is 4.92 Å². The molecule has 0 saturated heterocycles. The number of non-ortho nitro benzene ring substituents is 1. The van der Waals surface area contributed by atoms with Gasteiger partial charge in [-0.3, -0.25) is 15.1 Å². The maximum Gasteiger partial charge on any atom is 0.269 e. The minimum Gasteiger partial charge on any atom is -0.258 e. The molecule has 0 fully saturated rings. The van der Waals surface area contributed by atoms with E-state index in [1.807, 2.05) is 12.1 Å². The summed E-state index contributed by atoms with van der Waals surface area (Å²) in [4.78, 5) is 15.1. The number of aromatic nitrogens is 1. The van der Waals surface area contributed by atoms with Crippen LogP contribution in [-0.2, 0) is 12.8 Å². The van der Waals surface area contributed by atoms with Crippen molar-refractivity contribution in [3.05, 3.63) is 70.4 Å². The molecule has 1 heterocycles. The molecule has 0 bridgehead atoms. The highest BCUT2D eigenvalue weighted by Gasteiger charge is 2.19. The third kappa shape index (κ3) is 2.91. The van der Waals surface area contributed by atoms with Crippen LogP contribution in [0, 0.1) is 16.0 Å². The summed E-state index contributed by atoms with van der Waals surface area (Å²) in [5.74, 6) is 0.678. The van der Waals surface area contributed by atoms with Gasteiger partial charge in [-0.15, -0.1) is 6.58 Å². The second-order valence-corrected chi connectivity index (χ2v) is 5.74. The predicted octanol–water partition coefficient (Wildman–Crippen LogP) is 4.34. The summed E-state index contributed by atoms with van der Waals surface area (Å²) >= 11 is 0. The number of allylic oxidation sites excluding steroid dienone is 1. The molecule has 4 nitrogen and oxygen atoms in total. The minimum absolute atomic E-state index is 0.106. The molecule has 0 amide bonds. The zero-order valence-electron chi connectivity index (χ0n) is 12.4. The molecule has 22 heavy (non-hydrogen) atoms. The van der Waals surface area contributed by atoms with Crippen LogP contribution in [0.5, 0.6) is 0 Å². The average molecular weight is 294 g/mol. The van der Waals surface area contributed by atoms with Gasteiger partial charge in [0.1, 0.15) is 0 Å². The quantitative estimate of drug-likeness (QED) is 0.479. The Morgan fingerprint density at radius 3 is 2.73 bits per heavy atom. The van der Waals surface area contributed by atoms with Gasteiger partial charge in [0.05, 0.1) is 10.6 Å². The highest BCUT2D eigenvalue weighted by molar-refractivity contribution is 5.61. The van der Waals surface area contributed by atoms with E-state index in [-0.39, 0.29) is 10.6 Å². The van der Waals surface area contributed by atoms with Gasteiger partial charge in [-0.1, -0.05) is 12.1 Å². The molecule has 0 radical (unpaired) electrons. The number of nitro groups is 1. The lowest BCUT2D eigenvalue weighted by atomic mass is 9.84. The van der Waals surface area contributed by atoms with Crippen molar-refractivity contribution in [1.82, 2.24) is 4.98 Å². The molecule has 3 rings (SSSR count). The zero-order valence-corrected chi connectivity index (χ0v) is 12.4. The standard InChI is InChI=1S/C18H18N2O2/c1-2-3-13-4-10-18-15(12-13)7-11-17(19-18)14-5-8-16(9-6-14)20(21)22/h2,5-9,11,13H,1,3-4,10,12H2. The lowest BCUT2D eigenvalue weighted by Crippen LogP contribution is -2.15. The molecule has 1 aromatic carbocycles. The van der Waals surface area contributed by atoms with Crippen LogP contribution in [0.4, 0.5) is 5.69 Å². The fourth-order valence-corrected chi connectivity index (χ4v) is 3.04. The number of aryl methyl sites for hydroxylation is 1. The molecule has 4 heteroatoms. The fraction of sp³-hybridized carbons (Fsp3) is 0.278. The third-order valence-corrected chi connectivity index (χ3v) is 4.24. The number of hydrogen-bond acceptors (Lipinski definition) is 3. The van der Waals surface area contributed by atoms with Crippen LogP contribution in [0.2, 0.25) is 0 Å². The number of benzene rings is 1. The second-order valence-electron chi connectivity index (χ2n) is 5.74. The molecule has 112 valence electrons. The molecule has 0 spiro atoms. The van der Waals surface area contributed by atoms with Crippen molar-refractivity contribution in [3.63, 3.8) is 0 Å². The van der Waals surface area contributed by atoms with Gasteiger partial charge in [0.15, 0.2) is 0 Å². The molecule has 1 atom stereocenters. The van der Waals surface area contributed by atoms with Crippen LogP contribution in [0.3, 0.4) is 0 Å². The normalized spacial score (nSPS) is 16.8. The van der Waals surface area contributed by atoms with E-state index in [0.29, 0.717) is 5.92 Å². The van der Waals surface area contributed by atoms with Crippen LogP contribution in [-0.4, -0.2) is 9.91 Å². The molecule has 2 aromatic rings.